The first-order valence-electron chi connectivity index (χ1n) is 3.38. The van der Waals surface area contributed by atoms with Crippen LogP contribution in [-0.4, -0.2) is 32.7 Å². The third-order valence-electron chi connectivity index (χ3n) is 1.29. The molecule has 0 spiro atoms. The summed E-state index contributed by atoms with van der Waals surface area (Å²) in [5.41, 5.74) is 0. The number of hydrogen-bond donors (Lipinski definition) is 2. The second kappa shape index (κ2) is 4.28. The molecule has 1 aromatic rings. The second-order valence-corrected chi connectivity index (χ2v) is 3.23. The van der Waals surface area contributed by atoms with Crippen LogP contribution in [-0.2, 0) is 0 Å². The molecule has 9 heteroatoms. The molecule has 0 aromatic carbocycles. The number of anilines is 1. The molecule has 80 valence electrons. The van der Waals surface area contributed by atoms with Gasteiger partial charge < -0.3 is 10.4 Å². The lowest BCUT2D eigenvalue weighted by atomic mass is 10.3. The van der Waals surface area contributed by atoms with Gasteiger partial charge in [0, 0.05) is 0 Å². The number of aliphatic hydroxyl groups is 1. The summed E-state index contributed by atoms with van der Waals surface area (Å²) in [4.78, 5) is 0. The van der Waals surface area contributed by atoms with Crippen molar-refractivity contribution in [2.75, 3.05) is 11.9 Å². The Labute approximate surface area is 86.0 Å². The summed E-state index contributed by atoms with van der Waals surface area (Å²) in [6, 6.07) is 0. The van der Waals surface area contributed by atoms with Crippen LogP contribution in [0.2, 0.25) is 5.15 Å². The van der Waals surface area contributed by atoms with Crippen LogP contribution in [0.15, 0.2) is 0 Å². The van der Waals surface area contributed by atoms with Gasteiger partial charge in [0.25, 0.3) is 0 Å². The minimum absolute atomic E-state index is 0.00984. The lowest BCUT2D eigenvalue weighted by Crippen LogP contribution is -2.35. The first kappa shape index (κ1) is 11.5. The number of aliphatic hydroxyl groups excluding tert-OH is 1. The first-order chi connectivity index (χ1) is 6.41. The van der Waals surface area contributed by atoms with Crippen LogP contribution in [0.5, 0.6) is 0 Å². The van der Waals surface area contributed by atoms with Crippen LogP contribution in [0.1, 0.15) is 0 Å². The van der Waals surface area contributed by atoms with Gasteiger partial charge in [0.2, 0.25) is 0 Å². The summed E-state index contributed by atoms with van der Waals surface area (Å²) >= 11 is 6.22. The van der Waals surface area contributed by atoms with Gasteiger partial charge in [-0.05, 0) is 0 Å². The smallest absolute Gasteiger partial charge is 0.382 e. The van der Waals surface area contributed by atoms with Crippen LogP contribution in [0.3, 0.4) is 0 Å². The molecule has 0 amide bonds. The maximum Gasteiger partial charge on any atom is 0.416 e. The molecule has 0 fully saturated rings. The zero-order valence-electron chi connectivity index (χ0n) is 6.55. The molecule has 1 unspecified atom stereocenters. The summed E-state index contributed by atoms with van der Waals surface area (Å²) in [7, 11) is 0. The van der Waals surface area contributed by atoms with Crippen LogP contribution >= 0.6 is 23.3 Å². The van der Waals surface area contributed by atoms with Gasteiger partial charge in [-0.25, -0.2) is 0 Å². The fraction of sp³-hybridized carbons (Fsp3) is 0.600. The van der Waals surface area contributed by atoms with Crippen molar-refractivity contribution in [3.8, 4) is 0 Å². The molecule has 2 N–H and O–H groups in total. The Hall–Kier alpha value is -0.600. The average molecular weight is 248 g/mol. The molecular formula is C5H5ClF3N3OS. The average Bonchev–Trinajstić information content (AvgIpc) is 2.45. The molecule has 0 aliphatic heterocycles. The Kier molecular flexibility index (Phi) is 3.51. The van der Waals surface area contributed by atoms with E-state index < -0.39 is 18.8 Å². The highest BCUT2D eigenvalue weighted by molar-refractivity contribution is 6.99. The fourth-order valence-electron chi connectivity index (χ4n) is 0.592. The zero-order valence-corrected chi connectivity index (χ0v) is 8.12. The summed E-state index contributed by atoms with van der Waals surface area (Å²) in [6.07, 6.45) is -7.09. The van der Waals surface area contributed by atoms with E-state index in [0.29, 0.717) is 0 Å². The largest absolute Gasteiger partial charge is 0.416 e. The summed E-state index contributed by atoms with van der Waals surface area (Å²) in [6.45, 7) is -0.700. The van der Waals surface area contributed by atoms with E-state index in [1.165, 1.54) is 0 Å². The molecule has 0 saturated heterocycles. The Morgan fingerprint density at radius 1 is 1.50 bits per heavy atom. The molecular weight excluding hydrogens is 243 g/mol. The van der Waals surface area contributed by atoms with Crippen molar-refractivity contribution in [3.05, 3.63) is 5.15 Å². The van der Waals surface area contributed by atoms with Crippen molar-refractivity contribution in [3.63, 3.8) is 0 Å². The standard InChI is InChI=1S/C5H5ClF3N3OS/c6-3-4(12-14-11-3)10-1-2(13)5(7,8)9/h2,13H,1H2,(H,10,12). The minimum atomic E-state index is -4.65. The van der Waals surface area contributed by atoms with Gasteiger partial charge in [0.15, 0.2) is 17.1 Å². The number of rotatable bonds is 3. The van der Waals surface area contributed by atoms with Crippen molar-refractivity contribution in [2.24, 2.45) is 0 Å². The molecule has 4 nitrogen and oxygen atoms in total. The molecule has 0 aliphatic rings. The van der Waals surface area contributed by atoms with E-state index in [4.69, 9.17) is 16.7 Å². The summed E-state index contributed by atoms with van der Waals surface area (Å²) in [5.74, 6) is 0.0416. The van der Waals surface area contributed by atoms with Crippen molar-refractivity contribution < 1.29 is 18.3 Å². The van der Waals surface area contributed by atoms with Gasteiger partial charge in [-0.3, -0.25) is 0 Å². The number of aromatic nitrogens is 2. The lowest BCUT2D eigenvalue weighted by Gasteiger charge is -2.14. The predicted molar refractivity (Wildman–Crippen MR) is 45.5 cm³/mol. The van der Waals surface area contributed by atoms with Gasteiger partial charge in [0.05, 0.1) is 18.3 Å². The second-order valence-electron chi connectivity index (χ2n) is 2.34. The van der Waals surface area contributed by atoms with Crippen molar-refractivity contribution in [1.82, 2.24) is 8.75 Å². The maximum absolute atomic E-state index is 11.8. The monoisotopic (exact) mass is 247 g/mol. The Bertz CT molecular complexity index is 305. The fourth-order valence-corrected chi connectivity index (χ4v) is 1.28. The first-order valence-corrected chi connectivity index (χ1v) is 4.49. The van der Waals surface area contributed by atoms with Crippen LogP contribution < -0.4 is 5.32 Å². The highest BCUT2D eigenvalue weighted by Crippen LogP contribution is 2.22. The number of nitrogens with zero attached hydrogens (tertiary/aromatic N) is 2. The maximum atomic E-state index is 11.8. The highest BCUT2D eigenvalue weighted by Gasteiger charge is 2.38. The van der Waals surface area contributed by atoms with Gasteiger partial charge in [-0.2, -0.15) is 21.9 Å². The van der Waals surface area contributed by atoms with E-state index in [-0.39, 0.29) is 11.0 Å². The molecule has 1 atom stereocenters. The molecule has 14 heavy (non-hydrogen) atoms. The van der Waals surface area contributed by atoms with E-state index in [2.05, 4.69) is 14.1 Å². The lowest BCUT2D eigenvalue weighted by molar-refractivity contribution is -0.198. The van der Waals surface area contributed by atoms with Gasteiger partial charge in [-0.15, -0.1) is 0 Å². The highest BCUT2D eigenvalue weighted by atomic mass is 35.5. The zero-order chi connectivity index (χ0) is 10.8. The molecule has 1 heterocycles. The van der Waals surface area contributed by atoms with E-state index in [1.807, 2.05) is 0 Å². The van der Waals surface area contributed by atoms with E-state index in [9.17, 15) is 13.2 Å². The number of hydrogen-bond acceptors (Lipinski definition) is 5. The molecule has 1 rings (SSSR count). The molecule has 0 radical (unpaired) electrons. The van der Waals surface area contributed by atoms with Crippen LogP contribution in [0.25, 0.3) is 0 Å². The van der Waals surface area contributed by atoms with E-state index >= 15 is 0 Å². The third kappa shape index (κ3) is 2.96. The van der Waals surface area contributed by atoms with Crippen molar-refractivity contribution in [2.45, 2.75) is 12.3 Å². The normalized spacial score (nSPS) is 14.1. The van der Waals surface area contributed by atoms with E-state index in [1.54, 1.807) is 0 Å². The molecule has 0 aliphatic carbocycles. The Balaban J connectivity index is 2.46. The number of alkyl halides is 3. The van der Waals surface area contributed by atoms with Gasteiger partial charge in [0.1, 0.15) is 0 Å². The summed E-state index contributed by atoms with van der Waals surface area (Å²) in [5, 5.41) is 10.8. The predicted octanol–water partition coefficient (Wildman–Crippen LogP) is 1.53. The quantitative estimate of drug-likeness (QED) is 0.850. The summed E-state index contributed by atoms with van der Waals surface area (Å²) < 4.78 is 42.6. The SMILES string of the molecule is OC(CNc1nsnc1Cl)C(F)(F)F. The molecule has 1 aromatic heterocycles. The molecule has 0 bridgehead atoms. The van der Waals surface area contributed by atoms with E-state index in [0.717, 1.165) is 11.7 Å². The third-order valence-corrected chi connectivity index (χ3v) is 2.18. The number of halogens is 4. The van der Waals surface area contributed by atoms with Crippen molar-refractivity contribution in [1.29, 1.82) is 0 Å². The topological polar surface area (TPSA) is 58.0 Å². The van der Waals surface area contributed by atoms with Crippen LogP contribution in [0, 0.1) is 0 Å². The van der Waals surface area contributed by atoms with Crippen LogP contribution in [0.4, 0.5) is 19.0 Å². The van der Waals surface area contributed by atoms with Gasteiger partial charge in [-0.1, -0.05) is 11.6 Å². The molecule has 0 saturated carbocycles. The van der Waals surface area contributed by atoms with Gasteiger partial charge >= 0.3 is 6.18 Å². The Morgan fingerprint density at radius 2 is 2.14 bits per heavy atom. The van der Waals surface area contributed by atoms with Crippen molar-refractivity contribution >= 4 is 29.1 Å². The number of nitrogens with one attached hydrogen (secondary N) is 1. The Morgan fingerprint density at radius 3 is 2.57 bits per heavy atom. The minimum Gasteiger partial charge on any atom is -0.382 e.